The van der Waals surface area contributed by atoms with Crippen LogP contribution in [0.2, 0.25) is 0 Å². The van der Waals surface area contributed by atoms with Crippen LogP contribution < -0.4 is 0 Å². The first-order chi connectivity index (χ1) is 5.24. The monoisotopic (exact) mass is 188 g/mol. The lowest BCUT2D eigenvalue weighted by Crippen LogP contribution is -2.08. The van der Waals surface area contributed by atoms with Crippen LogP contribution in [0, 0.1) is 5.92 Å². The van der Waals surface area contributed by atoms with Gasteiger partial charge in [-0.2, -0.15) is 0 Å². The molecule has 0 aromatic heterocycles. The zero-order valence-electron chi connectivity index (χ0n) is 6.63. The second kappa shape index (κ2) is 4.12. The maximum atomic E-state index is 5.16. The van der Waals surface area contributed by atoms with Crippen molar-refractivity contribution in [1.82, 2.24) is 0 Å². The summed E-state index contributed by atoms with van der Waals surface area (Å²) < 4.78 is 5.13. The molecule has 11 heavy (non-hydrogen) atoms. The van der Waals surface area contributed by atoms with E-state index in [-0.39, 0.29) is 0 Å². The number of thiocarbonyl (C=S) groups is 2. The summed E-state index contributed by atoms with van der Waals surface area (Å²) in [7, 11) is 0. The smallest absolute Gasteiger partial charge is 0.164 e. The molecule has 0 heterocycles. The standard InChI is InChI=1S/C8H12OS2/c1-2-9-8(11)5-7(10)6-3-4-6/h6H,2-5H2,1H3. The molecular weight excluding hydrogens is 176 g/mol. The molecule has 1 nitrogen and oxygen atoms in total. The van der Waals surface area contributed by atoms with Crippen molar-refractivity contribution >= 4 is 34.4 Å². The molecule has 0 atom stereocenters. The molecule has 0 N–H and O–H groups in total. The highest BCUT2D eigenvalue weighted by Gasteiger charge is 2.26. The summed E-state index contributed by atoms with van der Waals surface area (Å²) in [5.41, 5.74) is 0. The molecule has 0 aromatic carbocycles. The average Bonchev–Trinajstić information content (AvgIpc) is 2.67. The Morgan fingerprint density at radius 3 is 2.55 bits per heavy atom. The highest BCUT2D eigenvalue weighted by molar-refractivity contribution is 7.82. The minimum atomic E-state index is 0.657. The number of hydrogen-bond donors (Lipinski definition) is 0. The predicted octanol–water partition coefficient (Wildman–Crippen LogP) is 2.52. The van der Waals surface area contributed by atoms with E-state index in [4.69, 9.17) is 29.2 Å². The minimum Gasteiger partial charge on any atom is -0.487 e. The molecule has 0 radical (unpaired) electrons. The Labute approximate surface area is 78.1 Å². The molecule has 0 unspecified atom stereocenters. The maximum absolute atomic E-state index is 5.16. The fourth-order valence-electron chi connectivity index (χ4n) is 0.904. The van der Waals surface area contributed by atoms with Gasteiger partial charge in [0.25, 0.3) is 0 Å². The van der Waals surface area contributed by atoms with Gasteiger partial charge in [0.15, 0.2) is 5.05 Å². The lowest BCUT2D eigenvalue weighted by atomic mass is 10.2. The van der Waals surface area contributed by atoms with Crippen LogP contribution in [0.5, 0.6) is 0 Å². The highest BCUT2D eigenvalue weighted by atomic mass is 32.1. The van der Waals surface area contributed by atoms with Crippen LogP contribution in [0.3, 0.4) is 0 Å². The van der Waals surface area contributed by atoms with Crippen molar-refractivity contribution in [2.75, 3.05) is 6.61 Å². The highest BCUT2D eigenvalue weighted by Crippen LogP contribution is 2.32. The fraction of sp³-hybridized carbons (Fsp3) is 0.750. The van der Waals surface area contributed by atoms with E-state index in [0.717, 1.165) is 4.86 Å². The van der Waals surface area contributed by atoms with E-state index in [9.17, 15) is 0 Å². The van der Waals surface area contributed by atoms with Gasteiger partial charge in [-0.25, -0.2) is 0 Å². The topological polar surface area (TPSA) is 9.23 Å². The van der Waals surface area contributed by atoms with Crippen LogP contribution in [0.4, 0.5) is 0 Å². The summed E-state index contributed by atoms with van der Waals surface area (Å²) in [6.45, 7) is 2.60. The van der Waals surface area contributed by atoms with Crippen molar-refractivity contribution in [2.45, 2.75) is 26.2 Å². The molecule has 0 bridgehead atoms. The van der Waals surface area contributed by atoms with E-state index in [2.05, 4.69) is 0 Å². The zero-order chi connectivity index (χ0) is 8.27. The molecule has 1 aliphatic rings. The summed E-state index contributed by atoms with van der Waals surface area (Å²) in [6.07, 6.45) is 3.23. The second-order valence-electron chi connectivity index (χ2n) is 2.72. The average molecular weight is 188 g/mol. The van der Waals surface area contributed by atoms with Crippen LogP contribution >= 0.6 is 24.4 Å². The van der Waals surface area contributed by atoms with Gasteiger partial charge in [0.2, 0.25) is 0 Å². The normalized spacial score (nSPS) is 16.1. The molecule has 3 heteroatoms. The third kappa shape index (κ3) is 3.25. The Morgan fingerprint density at radius 1 is 1.45 bits per heavy atom. The first-order valence-electron chi connectivity index (χ1n) is 3.92. The Balaban J connectivity index is 2.17. The van der Waals surface area contributed by atoms with Crippen LogP contribution in [-0.4, -0.2) is 16.5 Å². The first-order valence-corrected chi connectivity index (χ1v) is 4.74. The molecule has 1 aliphatic carbocycles. The van der Waals surface area contributed by atoms with E-state index < -0.39 is 0 Å². The largest absolute Gasteiger partial charge is 0.487 e. The van der Waals surface area contributed by atoms with Gasteiger partial charge in [-0.15, -0.1) is 0 Å². The molecule has 1 rings (SSSR count). The second-order valence-corrected chi connectivity index (χ2v) is 3.70. The van der Waals surface area contributed by atoms with E-state index in [1.807, 2.05) is 6.92 Å². The van der Waals surface area contributed by atoms with Gasteiger partial charge in [0.1, 0.15) is 0 Å². The first kappa shape index (κ1) is 9.07. The molecular formula is C8H12OS2. The lowest BCUT2D eigenvalue weighted by Gasteiger charge is -2.04. The fourth-order valence-corrected chi connectivity index (χ4v) is 1.64. The molecule has 0 saturated heterocycles. The summed E-state index contributed by atoms with van der Waals surface area (Å²) in [5, 5.41) is 0.657. The number of rotatable bonds is 4. The summed E-state index contributed by atoms with van der Waals surface area (Å²) in [6, 6.07) is 0. The molecule has 62 valence electrons. The third-order valence-electron chi connectivity index (χ3n) is 1.66. The number of ether oxygens (including phenoxy) is 1. The molecule has 0 aliphatic heterocycles. The van der Waals surface area contributed by atoms with Crippen LogP contribution in [0.1, 0.15) is 26.2 Å². The van der Waals surface area contributed by atoms with Gasteiger partial charge < -0.3 is 4.74 Å². The Morgan fingerprint density at radius 2 is 2.09 bits per heavy atom. The van der Waals surface area contributed by atoms with Crippen LogP contribution in [-0.2, 0) is 4.74 Å². The maximum Gasteiger partial charge on any atom is 0.164 e. The summed E-state index contributed by atoms with van der Waals surface area (Å²) in [4.78, 5) is 1.09. The van der Waals surface area contributed by atoms with Crippen LogP contribution in [0.25, 0.3) is 0 Å². The van der Waals surface area contributed by atoms with Crippen molar-refractivity contribution < 1.29 is 4.74 Å². The Kier molecular flexibility index (Phi) is 3.40. The van der Waals surface area contributed by atoms with Crippen molar-refractivity contribution in [2.24, 2.45) is 5.92 Å². The van der Waals surface area contributed by atoms with Gasteiger partial charge in [0, 0.05) is 11.3 Å². The molecule has 0 amide bonds. The Bertz CT molecular complexity index is 173. The lowest BCUT2D eigenvalue weighted by molar-refractivity contribution is 0.331. The molecule has 1 fully saturated rings. The summed E-state index contributed by atoms with van der Waals surface area (Å²) >= 11 is 10.1. The van der Waals surface area contributed by atoms with Crippen molar-refractivity contribution in [3.05, 3.63) is 0 Å². The molecule has 1 saturated carbocycles. The number of hydrogen-bond acceptors (Lipinski definition) is 3. The van der Waals surface area contributed by atoms with Gasteiger partial charge >= 0.3 is 0 Å². The molecule has 0 aromatic rings. The van der Waals surface area contributed by atoms with E-state index in [1.165, 1.54) is 12.8 Å². The van der Waals surface area contributed by atoms with Gasteiger partial charge in [-0.3, -0.25) is 0 Å². The quantitative estimate of drug-likeness (QED) is 0.627. The molecule has 0 spiro atoms. The van der Waals surface area contributed by atoms with Crippen molar-refractivity contribution in [3.8, 4) is 0 Å². The minimum absolute atomic E-state index is 0.657. The van der Waals surface area contributed by atoms with E-state index in [1.54, 1.807) is 0 Å². The SMILES string of the molecule is CCOC(=S)CC(=S)C1CC1. The third-order valence-corrected chi connectivity index (χ3v) is 2.40. The van der Waals surface area contributed by atoms with Gasteiger partial charge in [-0.05, 0) is 37.9 Å². The van der Waals surface area contributed by atoms with Crippen LogP contribution in [0.15, 0.2) is 0 Å². The van der Waals surface area contributed by atoms with Gasteiger partial charge in [-0.1, -0.05) is 12.2 Å². The van der Waals surface area contributed by atoms with Gasteiger partial charge in [0.05, 0.1) is 6.61 Å². The zero-order valence-corrected chi connectivity index (χ0v) is 8.26. The summed E-state index contributed by atoms with van der Waals surface area (Å²) in [5.74, 6) is 0.670. The van der Waals surface area contributed by atoms with Crippen molar-refractivity contribution in [1.29, 1.82) is 0 Å². The van der Waals surface area contributed by atoms with E-state index >= 15 is 0 Å². The Hall–Kier alpha value is -0.0200. The predicted molar refractivity (Wildman–Crippen MR) is 54.2 cm³/mol. The van der Waals surface area contributed by atoms with Crippen molar-refractivity contribution in [3.63, 3.8) is 0 Å². The van der Waals surface area contributed by atoms with E-state index in [0.29, 0.717) is 24.0 Å².